The Morgan fingerprint density at radius 2 is 1.95 bits per heavy atom. The number of rotatable bonds is 4. The zero-order valence-corrected chi connectivity index (χ0v) is 11.6. The van der Waals surface area contributed by atoms with E-state index in [9.17, 15) is 0 Å². The average Bonchev–Trinajstić information content (AvgIpc) is 2.88. The lowest BCUT2D eigenvalue weighted by molar-refractivity contribution is 0.153. The fourth-order valence-corrected chi connectivity index (χ4v) is 2.75. The van der Waals surface area contributed by atoms with Gasteiger partial charge in [0.1, 0.15) is 5.58 Å². The molecule has 2 heterocycles. The maximum absolute atomic E-state index is 5.37. The maximum atomic E-state index is 5.37. The molecule has 102 valence electrons. The summed E-state index contributed by atoms with van der Waals surface area (Å²) in [7, 11) is 2.21. The van der Waals surface area contributed by atoms with Crippen LogP contribution in [0.15, 0.2) is 34.9 Å². The molecule has 0 aliphatic carbocycles. The van der Waals surface area contributed by atoms with E-state index in [4.69, 9.17) is 4.42 Å². The van der Waals surface area contributed by atoms with E-state index in [1.54, 1.807) is 6.26 Å². The highest BCUT2D eigenvalue weighted by atomic mass is 16.3. The van der Waals surface area contributed by atoms with Gasteiger partial charge in [-0.25, -0.2) is 0 Å². The number of hydrogen-bond donors (Lipinski definition) is 0. The Bertz CT molecular complexity index is 526. The summed E-state index contributed by atoms with van der Waals surface area (Å²) in [5.41, 5.74) is 2.41. The molecule has 1 aromatic carbocycles. The first-order valence-corrected chi connectivity index (χ1v) is 7.18. The molecule has 0 atom stereocenters. The van der Waals surface area contributed by atoms with E-state index in [0.29, 0.717) is 0 Å². The summed E-state index contributed by atoms with van der Waals surface area (Å²) in [6.45, 7) is 6.08. The number of aryl methyl sites for hydroxylation is 1. The normalized spacial score (nSPS) is 18.2. The van der Waals surface area contributed by atoms with Crippen LogP contribution in [0, 0.1) is 0 Å². The number of likely N-dealkylation sites (N-methyl/N-ethyl adjacent to an activating group) is 1. The summed E-state index contributed by atoms with van der Waals surface area (Å²) in [5.74, 6) is 0. The van der Waals surface area contributed by atoms with Crippen LogP contribution in [0.1, 0.15) is 12.0 Å². The standard InChI is InChI=1S/C16H22N2O/c1-17-8-10-18(11-9-17)7-2-3-14-4-5-16-15(13-14)6-12-19-16/h4-6,12-13H,2-3,7-11H2,1H3. The van der Waals surface area contributed by atoms with Gasteiger partial charge >= 0.3 is 0 Å². The number of nitrogens with zero attached hydrogens (tertiary/aromatic N) is 2. The quantitative estimate of drug-likeness (QED) is 0.840. The van der Waals surface area contributed by atoms with E-state index >= 15 is 0 Å². The number of hydrogen-bond acceptors (Lipinski definition) is 3. The SMILES string of the molecule is CN1CCN(CCCc2ccc3occc3c2)CC1. The van der Waals surface area contributed by atoms with Crippen LogP contribution >= 0.6 is 0 Å². The Labute approximate surface area is 114 Å². The molecule has 0 saturated carbocycles. The van der Waals surface area contributed by atoms with Crippen LogP contribution < -0.4 is 0 Å². The Hall–Kier alpha value is -1.32. The van der Waals surface area contributed by atoms with Crippen LogP contribution in [0.2, 0.25) is 0 Å². The molecule has 0 N–H and O–H groups in total. The van der Waals surface area contributed by atoms with Crippen LogP contribution in [-0.4, -0.2) is 49.6 Å². The smallest absolute Gasteiger partial charge is 0.133 e. The monoisotopic (exact) mass is 258 g/mol. The van der Waals surface area contributed by atoms with Crippen molar-refractivity contribution < 1.29 is 4.42 Å². The third kappa shape index (κ3) is 3.17. The van der Waals surface area contributed by atoms with Gasteiger partial charge in [0.15, 0.2) is 0 Å². The minimum atomic E-state index is 0.989. The van der Waals surface area contributed by atoms with Crippen molar-refractivity contribution in [3.8, 4) is 0 Å². The van der Waals surface area contributed by atoms with E-state index in [-0.39, 0.29) is 0 Å². The molecule has 1 aliphatic rings. The van der Waals surface area contributed by atoms with Crippen LogP contribution in [0.4, 0.5) is 0 Å². The molecule has 0 amide bonds. The molecule has 1 aromatic heterocycles. The second kappa shape index (κ2) is 5.76. The first-order chi connectivity index (χ1) is 9.31. The van der Waals surface area contributed by atoms with Crippen molar-refractivity contribution in [3.63, 3.8) is 0 Å². The minimum absolute atomic E-state index is 0.989. The molecule has 0 spiro atoms. The van der Waals surface area contributed by atoms with Gasteiger partial charge in [-0.05, 0) is 50.2 Å². The van der Waals surface area contributed by atoms with Gasteiger partial charge in [0.05, 0.1) is 6.26 Å². The lowest BCUT2D eigenvalue weighted by Gasteiger charge is -2.32. The van der Waals surface area contributed by atoms with Crippen molar-refractivity contribution in [2.45, 2.75) is 12.8 Å². The van der Waals surface area contributed by atoms with Crippen LogP contribution in [0.25, 0.3) is 11.0 Å². The molecule has 1 saturated heterocycles. The van der Waals surface area contributed by atoms with Gasteiger partial charge in [0.25, 0.3) is 0 Å². The molecule has 3 nitrogen and oxygen atoms in total. The van der Waals surface area contributed by atoms with Gasteiger partial charge < -0.3 is 14.2 Å². The van der Waals surface area contributed by atoms with Crippen LogP contribution in [-0.2, 0) is 6.42 Å². The van der Waals surface area contributed by atoms with Gasteiger partial charge in [0, 0.05) is 31.6 Å². The number of benzene rings is 1. The van der Waals surface area contributed by atoms with E-state index in [1.807, 2.05) is 6.07 Å². The third-order valence-electron chi connectivity index (χ3n) is 4.05. The number of furan rings is 1. The molecular formula is C16H22N2O. The predicted molar refractivity (Wildman–Crippen MR) is 78.5 cm³/mol. The van der Waals surface area contributed by atoms with Gasteiger partial charge in [0.2, 0.25) is 0 Å². The van der Waals surface area contributed by atoms with Crippen molar-refractivity contribution in [3.05, 3.63) is 36.1 Å². The second-order valence-corrected chi connectivity index (χ2v) is 5.54. The van der Waals surface area contributed by atoms with E-state index in [0.717, 1.165) is 12.0 Å². The fraction of sp³-hybridized carbons (Fsp3) is 0.500. The number of fused-ring (bicyclic) bond motifs is 1. The summed E-state index contributed by atoms with van der Waals surface area (Å²) in [4.78, 5) is 4.99. The predicted octanol–water partition coefficient (Wildman–Crippen LogP) is 2.61. The maximum Gasteiger partial charge on any atom is 0.133 e. The number of piperazine rings is 1. The highest BCUT2D eigenvalue weighted by Gasteiger charge is 2.12. The minimum Gasteiger partial charge on any atom is -0.464 e. The third-order valence-corrected chi connectivity index (χ3v) is 4.05. The first kappa shape index (κ1) is 12.7. The zero-order chi connectivity index (χ0) is 13.1. The Balaban J connectivity index is 1.49. The first-order valence-electron chi connectivity index (χ1n) is 7.18. The van der Waals surface area contributed by atoms with Gasteiger partial charge in [-0.1, -0.05) is 6.07 Å². The molecule has 2 aromatic rings. The molecular weight excluding hydrogens is 236 g/mol. The lowest BCUT2D eigenvalue weighted by atomic mass is 10.1. The highest BCUT2D eigenvalue weighted by molar-refractivity contribution is 5.77. The zero-order valence-electron chi connectivity index (χ0n) is 11.6. The summed E-state index contributed by atoms with van der Waals surface area (Å²) in [5, 5.41) is 1.22. The second-order valence-electron chi connectivity index (χ2n) is 5.54. The summed E-state index contributed by atoms with van der Waals surface area (Å²) >= 11 is 0. The highest BCUT2D eigenvalue weighted by Crippen LogP contribution is 2.18. The fourth-order valence-electron chi connectivity index (χ4n) is 2.75. The van der Waals surface area contributed by atoms with Crippen molar-refractivity contribution in [2.75, 3.05) is 39.8 Å². The molecule has 0 bridgehead atoms. The topological polar surface area (TPSA) is 19.6 Å². The van der Waals surface area contributed by atoms with Crippen molar-refractivity contribution in [2.24, 2.45) is 0 Å². The molecule has 3 heteroatoms. The van der Waals surface area contributed by atoms with E-state index in [2.05, 4.69) is 35.0 Å². The molecule has 0 unspecified atom stereocenters. The summed E-state index contributed by atoms with van der Waals surface area (Å²) in [6, 6.07) is 8.57. The largest absolute Gasteiger partial charge is 0.464 e. The Kier molecular flexibility index (Phi) is 3.85. The molecule has 1 fully saturated rings. The van der Waals surface area contributed by atoms with Crippen LogP contribution in [0.5, 0.6) is 0 Å². The summed E-state index contributed by atoms with van der Waals surface area (Å²) in [6.07, 6.45) is 4.17. The van der Waals surface area contributed by atoms with Crippen molar-refractivity contribution >= 4 is 11.0 Å². The Morgan fingerprint density at radius 1 is 1.11 bits per heavy atom. The lowest BCUT2D eigenvalue weighted by Crippen LogP contribution is -2.44. The van der Waals surface area contributed by atoms with E-state index in [1.165, 1.54) is 50.1 Å². The average molecular weight is 258 g/mol. The molecule has 19 heavy (non-hydrogen) atoms. The van der Waals surface area contributed by atoms with Gasteiger partial charge in [-0.2, -0.15) is 0 Å². The van der Waals surface area contributed by atoms with Crippen molar-refractivity contribution in [1.82, 2.24) is 9.80 Å². The Morgan fingerprint density at radius 3 is 2.79 bits per heavy atom. The van der Waals surface area contributed by atoms with Gasteiger partial charge in [-0.15, -0.1) is 0 Å². The molecule has 1 aliphatic heterocycles. The molecule has 0 radical (unpaired) electrons. The summed E-state index contributed by atoms with van der Waals surface area (Å²) < 4.78 is 5.37. The van der Waals surface area contributed by atoms with E-state index < -0.39 is 0 Å². The van der Waals surface area contributed by atoms with Crippen molar-refractivity contribution in [1.29, 1.82) is 0 Å². The molecule has 3 rings (SSSR count). The van der Waals surface area contributed by atoms with Crippen LogP contribution in [0.3, 0.4) is 0 Å². The van der Waals surface area contributed by atoms with Gasteiger partial charge in [-0.3, -0.25) is 0 Å².